The highest BCUT2D eigenvalue weighted by molar-refractivity contribution is 7.15. The van der Waals surface area contributed by atoms with Crippen LogP contribution in [0.3, 0.4) is 0 Å². The summed E-state index contributed by atoms with van der Waals surface area (Å²) in [6.07, 6.45) is 6.42. The quantitative estimate of drug-likeness (QED) is 0.597. The van der Waals surface area contributed by atoms with Crippen molar-refractivity contribution < 1.29 is 24.2 Å². The van der Waals surface area contributed by atoms with Gasteiger partial charge in [-0.15, -0.1) is 11.3 Å². The lowest BCUT2D eigenvalue weighted by molar-refractivity contribution is -0.146. The number of rotatable bonds is 6. The predicted molar refractivity (Wildman–Crippen MR) is 93.9 cm³/mol. The second-order valence-corrected chi connectivity index (χ2v) is 7.25. The topological polar surface area (TPSA) is 92.7 Å². The van der Waals surface area contributed by atoms with Crippen molar-refractivity contribution in [3.05, 3.63) is 28.7 Å². The molecule has 3 rings (SSSR count). The van der Waals surface area contributed by atoms with Gasteiger partial charge in [-0.1, -0.05) is 12.2 Å². The van der Waals surface area contributed by atoms with Crippen LogP contribution in [0, 0.1) is 11.8 Å². The van der Waals surface area contributed by atoms with Crippen LogP contribution in [-0.2, 0) is 14.3 Å². The molecule has 0 saturated heterocycles. The first kappa shape index (κ1) is 17.7. The van der Waals surface area contributed by atoms with E-state index in [1.165, 1.54) is 11.3 Å². The number of carbonyl (C=O) groups is 3. The number of esters is 1. The van der Waals surface area contributed by atoms with E-state index in [1.807, 2.05) is 11.5 Å². The van der Waals surface area contributed by atoms with Gasteiger partial charge in [0.1, 0.15) is 5.00 Å². The Morgan fingerprint density at radius 2 is 1.92 bits per heavy atom. The Hall–Kier alpha value is -2.15. The van der Waals surface area contributed by atoms with Crippen molar-refractivity contribution in [3.8, 4) is 0 Å². The van der Waals surface area contributed by atoms with Crippen molar-refractivity contribution in [2.24, 2.45) is 11.8 Å². The Labute approximate surface area is 149 Å². The van der Waals surface area contributed by atoms with Crippen LogP contribution >= 0.6 is 11.3 Å². The molecule has 2 aliphatic carbocycles. The number of carbonyl (C=O) groups excluding carboxylic acids is 2. The first-order valence-corrected chi connectivity index (χ1v) is 9.38. The van der Waals surface area contributed by atoms with Gasteiger partial charge in [-0.05, 0) is 49.5 Å². The molecule has 2 aliphatic rings. The number of carboxylic acid groups (broad SMARTS) is 1. The molecule has 1 aromatic rings. The van der Waals surface area contributed by atoms with Crippen LogP contribution in [0.1, 0.15) is 54.4 Å². The monoisotopic (exact) mass is 363 g/mol. The smallest absolute Gasteiger partial charge is 0.341 e. The number of hydrogen-bond acceptors (Lipinski definition) is 5. The SMILES string of the molecule is CCOC(=O)c1c(C2CC2)csc1NC(=O)[C@@H]1CC=CC[C@@H]1C(=O)O. The lowest BCUT2D eigenvalue weighted by Crippen LogP contribution is -2.34. The van der Waals surface area contributed by atoms with Crippen molar-refractivity contribution in [3.63, 3.8) is 0 Å². The molecular formula is C18H21NO5S. The molecule has 25 heavy (non-hydrogen) atoms. The van der Waals surface area contributed by atoms with Crippen LogP contribution in [0.25, 0.3) is 0 Å². The Morgan fingerprint density at radius 1 is 1.24 bits per heavy atom. The van der Waals surface area contributed by atoms with E-state index in [0.29, 0.717) is 29.3 Å². The number of carboxylic acids is 1. The fraction of sp³-hybridized carbons (Fsp3) is 0.500. The normalized spacial score (nSPS) is 22.4. The molecule has 0 aromatic carbocycles. The lowest BCUT2D eigenvalue weighted by atomic mass is 9.82. The lowest BCUT2D eigenvalue weighted by Gasteiger charge is -2.24. The third-order valence-corrected chi connectivity index (χ3v) is 5.55. The molecule has 1 amide bonds. The number of amides is 1. The van der Waals surface area contributed by atoms with Crippen molar-refractivity contribution in [2.75, 3.05) is 11.9 Å². The zero-order valence-corrected chi connectivity index (χ0v) is 14.8. The minimum Gasteiger partial charge on any atom is -0.481 e. The average molecular weight is 363 g/mol. The number of allylic oxidation sites excluding steroid dienone is 2. The van der Waals surface area contributed by atoms with Gasteiger partial charge in [0.05, 0.1) is 24.0 Å². The van der Waals surface area contributed by atoms with Gasteiger partial charge < -0.3 is 15.2 Å². The molecule has 0 bridgehead atoms. The molecule has 2 N–H and O–H groups in total. The van der Waals surface area contributed by atoms with Gasteiger partial charge in [-0.2, -0.15) is 0 Å². The van der Waals surface area contributed by atoms with Crippen molar-refractivity contribution in [2.45, 2.75) is 38.5 Å². The van der Waals surface area contributed by atoms with Gasteiger partial charge in [-0.25, -0.2) is 4.79 Å². The first-order chi connectivity index (χ1) is 12.0. The molecule has 1 fully saturated rings. The number of thiophene rings is 1. The minimum absolute atomic E-state index is 0.265. The minimum atomic E-state index is -0.972. The van der Waals surface area contributed by atoms with Crippen LogP contribution in [-0.4, -0.2) is 29.6 Å². The van der Waals surface area contributed by atoms with E-state index >= 15 is 0 Å². The molecule has 1 saturated carbocycles. The number of ether oxygens (including phenoxy) is 1. The summed E-state index contributed by atoms with van der Waals surface area (Å²) in [5.74, 6) is -2.78. The zero-order chi connectivity index (χ0) is 18.0. The molecule has 0 unspecified atom stereocenters. The predicted octanol–water partition coefficient (Wildman–Crippen LogP) is 3.41. The zero-order valence-electron chi connectivity index (χ0n) is 14.0. The Balaban J connectivity index is 1.82. The fourth-order valence-corrected chi connectivity index (χ4v) is 4.19. The summed E-state index contributed by atoms with van der Waals surface area (Å²) in [5.41, 5.74) is 1.36. The summed E-state index contributed by atoms with van der Waals surface area (Å²) in [6.45, 7) is 2.01. The number of nitrogens with one attached hydrogen (secondary N) is 1. The summed E-state index contributed by atoms with van der Waals surface area (Å²) >= 11 is 1.30. The Morgan fingerprint density at radius 3 is 2.52 bits per heavy atom. The third-order valence-electron chi connectivity index (χ3n) is 4.64. The average Bonchev–Trinajstić information content (AvgIpc) is 3.35. The maximum Gasteiger partial charge on any atom is 0.341 e. The first-order valence-electron chi connectivity index (χ1n) is 8.50. The number of anilines is 1. The molecule has 0 radical (unpaired) electrons. The molecule has 6 nitrogen and oxygen atoms in total. The van der Waals surface area contributed by atoms with Gasteiger partial charge in [0, 0.05) is 0 Å². The van der Waals surface area contributed by atoms with E-state index < -0.39 is 23.8 Å². The maximum atomic E-state index is 12.7. The number of aliphatic carboxylic acids is 1. The van der Waals surface area contributed by atoms with Crippen molar-refractivity contribution >= 4 is 34.2 Å². The van der Waals surface area contributed by atoms with Gasteiger partial charge >= 0.3 is 11.9 Å². The van der Waals surface area contributed by atoms with Crippen LogP contribution in [0.5, 0.6) is 0 Å². The van der Waals surface area contributed by atoms with E-state index in [1.54, 1.807) is 13.0 Å². The van der Waals surface area contributed by atoms with Crippen LogP contribution < -0.4 is 5.32 Å². The second-order valence-electron chi connectivity index (χ2n) is 6.37. The number of hydrogen-bond donors (Lipinski definition) is 2. The van der Waals surface area contributed by atoms with Gasteiger partial charge in [0.25, 0.3) is 0 Å². The van der Waals surface area contributed by atoms with Gasteiger partial charge in [-0.3, -0.25) is 9.59 Å². The van der Waals surface area contributed by atoms with E-state index in [2.05, 4.69) is 5.32 Å². The second kappa shape index (κ2) is 7.39. The molecule has 0 spiro atoms. The molecule has 134 valence electrons. The van der Waals surface area contributed by atoms with Crippen molar-refractivity contribution in [1.29, 1.82) is 0 Å². The Kier molecular flexibility index (Phi) is 5.22. The van der Waals surface area contributed by atoms with Crippen LogP contribution in [0.15, 0.2) is 17.5 Å². The van der Waals surface area contributed by atoms with E-state index in [0.717, 1.165) is 18.4 Å². The summed E-state index contributed by atoms with van der Waals surface area (Å²) in [7, 11) is 0. The van der Waals surface area contributed by atoms with E-state index in [9.17, 15) is 19.5 Å². The molecule has 2 atom stereocenters. The van der Waals surface area contributed by atoms with Crippen LogP contribution in [0.2, 0.25) is 0 Å². The van der Waals surface area contributed by atoms with E-state index in [-0.39, 0.29) is 12.5 Å². The molecule has 1 aromatic heterocycles. The summed E-state index contributed by atoms with van der Waals surface area (Å²) in [5, 5.41) is 14.5. The molecular weight excluding hydrogens is 342 g/mol. The highest BCUT2D eigenvalue weighted by Gasteiger charge is 2.36. The highest BCUT2D eigenvalue weighted by Crippen LogP contribution is 2.46. The molecule has 1 heterocycles. The van der Waals surface area contributed by atoms with Gasteiger partial charge in [0.15, 0.2) is 0 Å². The summed E-state index contributed by atoms with van der Waals surface area (Å²) < 4.78 is 5.14. The summed E-state index contributed by atoms with van der Waals surface area (Å²) in [6, 6.07) is 0. The van der Waals surface area contributed by atoms with E-state index in [4.69, 9.17) is 4.74 Å². The largest absolute Gasteiger partial charge is 0.481 e. The molecule has 0 aliphatic heterocycles. The molecule has 7 heteroatoms. The van der Waals surface area contributed by atoms with Crippen LogP contribution in [0.4, 0.5) is 5.00 Å². The maximum absolute atomic E-state index is 12.7. The summed E-state index contributed by atoms with van der Waals surface area (Å²) in [4.78, 5) is 36.4. The van der Waals surface area contributed by atoms with Gasteiger partial charge in [0.2, 0.25) is 5.91 Å². The highest BCUT2D eigenvalue weighted by atomic mass is 32.1. The fourth-order valence-electron chi connectivity index (χ4n) is 3.15. The third kappa shape index (κ3) is 3.76. The Bertz CT molecular complexity index is 719. The standard InChI is InChI=1S/C18H21NO5S/c1-2-24-18(23)14-13(10-7-8-10)9-25-16(14)19-15(20)11-5-3-4-6-12(11)17(21)22/h3-4,9-12H,2,5-8H2,1H3,(H,19,20)(H,21,22)/t11-,12+/m1/s1. The van der Waals surface area contributed by atoms with Crippen molar-refractivity contribution in [1.82, 2.24) is 0 Å².